The van der Waals surface area contributed by atoms with E-state index in [1.165, 1.54) is 49.6 Å². The molecule has 326 valence electrons. The second kappa shape index (κ2) is 18.5. The van der Waals surface area contributed by atoms with Crippen molar-refractivity contribution in [2.45, 2.75) is 13.8 Å². The number of imidazole rings is 4. The van der Waals surface area contributed by atoms with Gasteiger partial charge in [0.2, 0.25) is 23.1 Å². The van der Waals surface area contributed by atoms with E-state index in [1.54, 1.807) is 54.3 Å². The van der Waals surface area contributed by atoms with Gasteiger partial charge in [0.1, 0.15) is 59.6 Å². The third-order valence-electron chi connectivity index (χ3n) is 10.6. The zero-order chi connectivity index (χ0) is 46.8. The molecule has 0 atom stereocenters. The largest absolute Gasteiger partial charge is 0.435 e. The molecule has 0 saturated heterocycles. The first-order valence-corrected chi connectivity index (χ1v) is 22.4. The van der Waals surface area contributed by atoms with Gasteiger partial charge in [-0.2, -0.15) is 0 Å². The standard InChI is InChI=1S/C50H40N8O6P2/c1-9-33-15-17-35-37(21-33)31(7)19-47(63-65(55-23-39(51-27-55)43(59)11-3)56-24-40(52-28-56)44(60)12-4)49(35)50-36-18-16-34(10-2)22-38(36)32(8)20-48(50)64-66(57-25-41(53-29-57)45(61)13-5)58-26-42(54-30-58)46(62)14-6/h9-30H,1-6H2,7-8H3. The molecule has 0 fully saturated rings. The van der Waals surface area contributed by atoms with E-state index in [0.29, 0.717) is 22.6 Å². The number of rotatable bonds is 19. The number of benzene rings is 4. The number of carbonyl (C=O) groups excluding carboxylic acids is 4. The van der Waals surface area contributed by atoms with Crippen molar-refractivity contribution in [2.75, 3.05) is 0 Å². The third kappa shape index (κ3) is 8.34. The van der Waals surface area contributed by atoms with Gasteiger partial charge < -0.3 is 9.05 Å². The molecule has 4 heterocycles. The Morgan fingerprint density at radius 3 is 1.05 bits per heavy atom. The Morgan fingerprint density at radius 1 is 0.470 bits per heavy atom. The lowest BCUT2D eigenvalue weighted by atomic mass is 9.88. The Balaban J connectivity index is 1.44. The van der Waals surface area contributed by atoms with Crippen molar-refractivity contribution in [3.05, 3.63) is 207 Å². The van der Waals surface area contributed by atoms with Crippen LogP contribution in [0, 0.1) is 13.8 Å². The number of allylic oxidation sites excluding steroid dienone is 4. The summed E-state index contributed by atoms with van der Waals surface area (Å²) in [6.45, 7) is 26.5. The van der Waals surface area contributed by atoms with Crippen LogP contribution in [0.1, 0.15) is 64.2 Å². The minimum Gasteiger partial charge on any atom is -0.435 e. The molecule has 0 spiro atoms. The van der Waals surface area contributed by atoms with Crippen molar-refractivity contribution in [3.8, 4) is 22.6 Å². The number of aromatic nitrogens is 8. The van der Waals surface area contributed by atoms with Gasteiger partial charge in [-0.05, 0) is 106 Å². The van der Waals surface area contributed by atoms with E-state index in [9.17, 15) is 19.2 Å². The highest BCUT2D eigenvalue weighted by Gasteiger charge is 2.30. The van der Waals surface area contributed by atoms with Crippen molar-refractivity contribution in [2.24, 2.45) is 0 Å². The van der Waals surface area contributed by atoms with Gasteiger partial charge in [-0.15, -0.1) is 0 Å². The first-order valence-electron chi connectivity index (χ1n) is 20.1. The monoisotopic (exact) mass is 910 g/mol. The van der Waals surface area contributed by atoms with Gasteiger partial charge >= 0.3 is 16.9 Å². The Morgan fingerprint density at radius 2 is 0.773 bits per heavy atom. The average Bonchev–Trinajstić information content (AvgIpc) is 4.20. The van der Waals surface area contributed by atoms with E-state index in [0.717, 1.165) is 43.8 Å². The van der Waals surface area contributed by atoms with Gasteiger partial charge in [-0.3, -0.25) is 36.5 Å². The molecule has 14 nitrogen and oxygen atoms in total. The molecule has 4 aromatic heterocycles. The van der Waals surface area contributed by atoms with Crippen molar-refractivity contribution in [1.29, 1.82) is 0 Å². The van der Waals surface area contributed by atoms with Gasteiger partial charge in [0.05, 0.1) is 0 Å². The number of hydrogen-bond donors (Lipinski definition) is 0. The first kappa shape index (κ1) is 44.4. The van der Waals surface area contributed by atoms with Crippen LogP contribution in [-0.4, -0.2) is 60.4 Å². The fourth-order valence-corrected chi connectivity index (χ4v) is 10.1. The van der Waals surface area contributed by atoms with Crippen LogP contribution in [0.5, 0.6) is 11.5 Å². The molecule has 16 heteroatoms. The predicted molar refractivity (Wildman–Crippen MR) is 260 cm³/mol. The van der Waals surface area contributed by atoms with Crippen molar-refractivity contribution < 1.29 is 28.2 Å². The summed E-state index contributed by atoms with van der Waals surface area (Å²) >= 11 is 0. The van der Waals surface area contributed by atoms with E-state index in [2.05, 4.69) is 59.4 Å². The molecular formula is C50H40N8O6P2. The summed E-state index contributed by atoms with van der Waals surface area (Å²) in [5.41, 5.74) is 5.33. The number of fused-ring (bicyclic) bond motifs is 2. The summed E-state index contributed by atoms with van der Waals surface area (Å²) < 4.78 is 21.1. The number of carbonyl (C=O) groups is 4. The summed E-state index contributed by atoms with van der Waals surface area (Å²) in [5.74, 6) is -0.751. The maximum absolute atomic E-state index is 12.8. The molecule has 4 aromatic carbocycles. The van der Waals surface area contributed by atoms with Crippen LogP contribution in [0.2, 0.25) is 0 Å². The molecule has 66 heavy (non-hydrogen) atoms. The van der Waals surface area contributed by atoms with Crippen molar-refractivity contribution in [3.63, 3.8) is 0 Å². The molecule has 0 aliphatic carbocycles. The molecule has 0 unspecified atom stereocenters. The van der Waals surface area contributed by atoms with Gasteiger partial charge in [0, 0.05) is 35.9 Å². The second-order valence-corrected chi connectivity index (χ2v) is 17.9. The minimum atomic E-state index is -2.03. The second-order valence-electron chi connectivity index (χ2n) is 14.7. The Labute approximate surface area is 381 Å². The highest BCUT2D eigenvalue weighted by atomic mass is 31.2. The first-order chi connectivity index (χ1) is 31.9. The minimum absolute atomic E-state index is 0.136. The SMILES string of the molecule is C=CC(=O)c1cn(P(Oc2cc(C)c3cc(C=C)ccc3c2-c2c(OP(n3cnc(C(=O)C=C)c3)n3cnc(C(=O)C=C)c3)cc(C)c3cc(C=C)ccc23)n2cnc(C(=O)C=C)c2)cn1. The zero-order valence-corrected chi connectivity index (χ0v) is 37.7. The average molecular weight is 911 g/mol. The van der Waals surface area contributed by atoms with Gasteiger partial charge in [0.25, 0.3) is 0 Å². The van der Waals surface area contributed by atoms with Crippen LogP contribution in [0.3, 0.4) is 0 Å². The van der Waals surface area contributed by atoms with E-state index in [1.807, 2.05) is 62.4 Å². The highest BCUT2D eigenvalue weighted by molar-refractivity contribution is 7.50. The van der Waals surface area contributed by atoms with Crippen LogP contribution in [0.25, 0.3) is 44.8 Å². The number of aryl methyl sites for hydroxylation is 2. The lowest BCUT2D eigenvalue weighted by Gasteiger charge is -2.26. The highest BCUT2D eigenvalue weighted by Crippen LogP contribution is 2.54. The van der Waals surface area contributed by atoms with Gasteiger partial charge in [-0.25, -0.2) is 19.9 Å². The van der Waals surface area contributed by atoms with Crippen LogP contribution >= 0.6 is 16.9 Å². The summed E-state index contributed by atoms with van der Waals surface area (Å²) in [4.78, 5) is 68.7. The fourth-order valence-electron chi connectivity index (χ4n) is 7.24. The lowest BCUT2D eigenvalue weighted by Crippen LogP contribution is -2.07. The maximum atomic E-state index is 12.8. The molecule has 0 N–H and O–H groups in total. The van der Waals surface area contributed by atoms with Crippen molar-refractivity contribution >= 4 is 73.7 Å². The summed E-state index contributed by atoms with van der Waals surface area (Å²) in [7, 11) is -4.06. The van der Waals surface area contributed by atoms with E-state index < -0.39 is 40.0 Å². The Bertz CT molecular complexity index is 3030. The molecule has 8 rings (SSSR count). The third-order valence-corrected chi connectivity index (χ3v) is 13.7. The Kier molecular flexibility index (Phi) is 12.5. The topological polar surface area (TPSA) is 158 Å². The fraction of sp³-hybridized carbons (Fsp3) is 0.0400. The Hall–Kier alpha value is -8.18. The summed E-state index contributed by atoms with van der Waals surface area (Å²) in [6.07, 6.45) is 20.4. The van der Waals surface area contributed by atoms with Gasteiger partial charge in [0.15, 0.2) is 0 Å². The van der Waals surface area contributed by atoms with Crippen molar-refractivity contribution in [1.82, 2.24) is 37.3 Å². The maximum Gasteiger partial charge on any atom is 0.320 e. The molecule has 0 amide bonds. The van der Waals surface area contributed by atoms with Crippen LogP contribution < -0.4 is 9.05 Å². The summed E-state index contributed by atoms with van der Waals surface area (Å²) in [5, 5.41) is 3.39. The lowest BCUT2D eigenvalue weighted by molar-refractivity contribution is 0.103. The normalized spacial score (nSPS) is 11.2. The quantitative estimate of drug-likeness (QED) is 0.0434. The molecule has 0 saturated carbocycles. The van der Waals surface area contributed by atoms with Crippen LogP contribution in [0.15, 0.2) is 162 Å². The van der Waals surface area contributed by atoms with Gasteiger partial charge in [-0.1, -0.05) is 75.9 Å². The van der Waals surface area contributed by atoms with Crippen LogP contribution in [0.4, 0.5) is 0 Å². The zero-order valence-electron chi connectivity index (χ0n) is 35.9. The predicted octanol–water partition coefficient (Wildman–Crippen LogP) is 11.2. The molecule has 0 aliphatic heterocycles. The molecule has 0 radical (unpaired) electrons. The molecule has 0 bridgehead atoms. The smallest absolute Gasteiger partial charge is 0.320 e. The molecule has 8 aromatic rings. The summed E-state index contributed by atoms with van der Waals surface area (Å²) in [6, 6.07) is 15.9. The number of nitrogens with zero attached hydrogens (tertiary/aromatic N) is 8. The van der Waals surface area contributed by atoms with E-state index >= 15 is 0 Å². The molecule has 0 aliphatic rings. The number of hydrogen-bond acceptors (Lipinski definition) is 10. The van der Waals surface area contributed by atoms with E-state index in [4.69, 9.17) is 9.05 Å². The number of ketones is 4. The molecular weight excluding hydrogens is 871 g/mol. The van der Waals surface area contributed by atoms with Crippen LogP contribution in [-0.2, 0) is 0 Å². The van der Waals surface area contributed by atoms with E-state index in [-0.39, 0.29) is 22.8 Å².